The van der Waals surface area contributed by atoms with E-state index in [4.69, 9.17) is 0 Å². The fraction of sp³-hybridized carbons (Fsp3) is 0.316. The molecule has 0 aliphatic carbocycles. The number of carbonyl (C=O) groups is 1. The molecule has 0 atom stereocenters. The maximum Gasteiger partial charge on any atom is 0.315 e. The molecule has 0 aliphatic heterocycles. The Kier molecular flexibility index (Phi) is 6.18. The van der Waals surface area contributed by atoms with Gasteiger partial charge in [-0.2, -0.15) is 0 Å². The van der Waals surface area contributed by atoms with Crippen molar-refractivity contribution < 1.29 is 4.79 Å². The minimum absolute atomic E-state index is 0.149. The predicted octanol–water partition coefficient (Wildman–Crippen LogP) is 3.06. The summed E-state index contributed by atoms with van der Waals surface area (Å²) in [5.74, 6) is 0. The minimum Gasteiger partial charge on any atom is -0.334 e. The summed E-state index contributed by atoms with van der Waals surface area (Å²) in [5, 5.41) is 5.76. The summed E-state index contributed by atoms with van der Waals surface area (Å²) in [6.07, 6.45) is 0. The molecule has 2 N–H and O–H groups in total. The lowest BCUT2D eigenvalue weighted by atomic mass is 10.1. The second-order valence-corrected chi connectivity index (χ2v) is 6.08. The lowest BCUT2D eigenvalue weighted by Gasteiger charge is -2.11. The number of urea groups is 1. The number of nitrogens with zero attached hydrogens (tertiary/aromatic N) is 1. The van der Waals surface area contributed by atoms with E-state index in [0.717, 1.165) is 17.7 Å². The van der Waals surface area contributed by atoms with E-state index in [-0.39, 0.29) is 6.03 Å². The van der Waals surface area contributed by atoms with Crippen LogP contribution in [0.15, 0.2) is 48.5 Å². The molecule has 2 aromatic rings. The second kappa shape index (κ2) is 8.34. The molecule has 0 aliphatic rings. The van der Waals surface area contributed by atoms with Gasteiger partial charge in [0.1, 0.15) is 0 Å². The van der Waals surface area contributed by atoms with Crippen LogP contribution in [-0.4, -0.2) is 25.0 Å². The summed E-state index contributed by atoms with van der Waals surface area (Å²) in [4.78, 5) is 14.0. The summed E-state index contributed by atoms with van der Waals surface area (Å²) in [6.45, 7) is 4.03. The Balaban J connectivity index is 1.75. The van der Waals surface area contributed by atoms with Crippen molar-refractivity contribution >= 4 is 6.03 Å². The molecule has 23 heavy (non-hydrogen) atoms. The molecule has 0 fully saturated rings. The molecule has 0 aromatic heterocycles. The molecule has 2 amide bonds. The Bertz CT molecular complexity index is 635. The number of amides is 2. The zero-order chi connectivity index (χ0) is 16.7. The van der Waals surface area contributed by atoms with Crippen molar-refractivity contribution in [1.29, 1.82) is 0 Å². The third-order valence-electron chi connectivity index (χ3n) is 3.51. The lowest BCUT2D eigenvalue weighted by Crippen LogP contribution is -2.34. The third kappa shape index (κ3) is 6.12. The highest BCUT2D eigenvalue weighted by atomic mass is 16.2. The first-order valence-corrected chi connectivity index (χ1v) is 7.83. The van der Waals surface area contributed by atoms with Crippen LogP contribution < -0.4 is 10.6 Å². The number of hydrogen-bond donors (Lipinski definition) is 2. The van der Waals surface area contributed by atoms with Crippen LogP contribution in [0.2, 0.25) is 0 Å². The molecule has 0 heterocycles. The maximum absolute atomic E-state index is 11.9. The molecule has 0 unspecified atom stereocenters. The first-order chi connectivity index (χ1) is 11.0. The van der Waals surface area contributed by atoms with Crippen molar-refractivity contribution in [2.24, 2.45) is 0 Å². The van der Waals surface area contributed by atoms with Gasteiger partial charge in [-0.25, -0.2) is 4.79 Å². The zero-order valence-electron chi connectivity index (χ0n) is 14.1. The van der Waals surface area contributed by atoms with Gasteiger partial charge in [0, 0.05) is 19.6 Å². The maximum atomic E-state index is 11.9. The average molecular weight is 311 g/mol. The molecule has 4 nitrogen and oxygen atoms in total. The molecule has 4 heteroatoms. The van der Waals surface area contributed by atoms with Crippen LogP contribution in [0, 0.1) is 6.92 Å². The van der Waals surface area contributed by atoms with Crippen LogP contribution >= 0.6 is 0 Å². The van der Waals surface area contributed by atoms with Gasteiger partial charge < -0.3 is 15.5 Å². The Morgan fingerprint density at radius 2 is 1.52 bits per heavy atom. The number of rotatable bonds is 6. The average Bonchev–Trinajstić information content (AvgIpc) is 2.52. The minimum atomic E-state index is -0.149. The quantitative estimate of drug-likeness (QED) is 0.861. The van der Waals surface area contributed by atoms with Crippen molar-refractivity contribution in [1.82, 2.24) is 15.5 Å². The topological polar surface area (TPSA) is 44.4 Å². The van der Waals surface area contributed by atoms with E-state index in [9.17, 15) is 4.79 Å². The number of aryl methyl sites for hydroxylation is 1. The van der Waals surface area contributed by atoms with Crippen LogP contribution in [-0.2, 0) is 19.6 Å². The van der Waals surface area contributed by atoms with Gasteiger partial charge >= 0.3 is 6.03 Å². The van der Waals surface area contributed by atoms with E-state index in [1.54, 1.807) is 0 Å². The monoisotopic (exact) mass is 311 g/mol. The molecular weight excluding hydrogens is 286 g/mol. The predicted molar refractivity (Wildman–Crippen MR) is 94.1 cm³/mol. The molecule has 2 aromatic carbocycles. The van der Waals surface area contributed by atoms with E-state index < -0.39 is 0 Å². The Hall–Kier alpha value is -2.33. The highest BCUT2D eigenvalue weighted by molar-refractivity contribution is 5.73. The lowest BCUT2D eigenvalue weighted by molar-refractivity contribution is 0.240. The van der Waals surface area contributed by atoms with Gasteiger partial charge in [0.2, 0.25) is 0 Å². The van der Waals surface area contributed by atoms with Crippen molar-refractivity contribution in [3.63, 3.8) is 0 Å². The SMILES string of the molecule is Cc1cccc(CNC(=O)NCc2ccc(CN(C)C)cc2)c1. The van der Waals surface area contributed by atoms with Crippen LogP contribution in [0.5, 0.6) is 0 Å². The summed E-state index contributed by atoms with van der Waals surface area (Å²) >= 11 is 0. The summed E-state index contributed by atoms with van der Waals surface area (Å²) in [6, 6.07) is 16.3. The molecular formula is C19H25N3O. The number of hydrogen-bond acceptors (Lipinski definition) is 2. The Morgan fingerprint density at radius 1 is 0.913 bits per heavy atom. The summed E-state index contributed by atoms with van der Waals surface area (Å²) in [7, 11) is 4.10. The van der Waals surface area contributed by atoms with Crippen molar-refractivity contribution in [3.8, 4) is 0 Å². The molecule has 2 rings (SSSR count). The van der Waals surface area contributed by atoms with Crippen LogP contribution in [0.25, 0.3) is 0 Å². The van der Waals surface area contributed by atoms with E-state index in [1.165, 1.54) is 11.1 Å². The van der Waals surface area contributed by atoms with Crippen LogP contribution in [0.3, 0.4) is 0 Å². The van der Waals surface area contributed by atoms with Gasteiger partial charge in [0.25, 0.3) is 0 Å². The van der Waals surface area contributed by atoms with E-state index in [1.807, 2.05) is 39.2 Å². The Morgan fingerprint density at radius 3 is 2.13 bits per heavy atom. The summed E-state index contributed by atoms with van der Waals surface area (Å²) in [5.41, 5.74) is 4.66. The van der Waals surface area contributed by atoms with Gasteiger partial charge in [-0.1, -0.05) is 54.1 Å². The first kappa shape index (κ1) is 17.0. The van der Waals surface area contributed by atoms with Gasteiger partial charge in [0.05, 0.1) is 0 Å². The molecule has 0 saturated carbocycles. The first-order valence-electron chi connectivity index (χ1n) is 7.83. The van der Waals surface area contributed by atoms with Crippen molar-refractivity contribution in [2.75, 3.05) is 14.1 Å². The third-order valence-corrected chi connectivity index (χ3v) is 3.51. The Labute approximate surface area is 138 Å². The fourth-order valence-electron chi connectivity index (χ4n) is 2.38. The van der Waals surface area contributed by atoms with Crippen LogP contribution in [0.4, 0.5) is 4.79 Å². The van der Waals surface area contributed by atoms with Crippen LogP contribution in [0.1, 0.15) is 22.3 Å². The van der Waals surface area contributed by atoms with E-state index in [0.29, 0.717) is 13.1 Å². The highest BCUT2D eigenvalue weighted by Gasteiger charge is 2.02. The molecule has 0 bridgehead atoms. The zero-order valence-corrected chi connectivity index (χ0v) is 14.1. The van der Waals surface area contributed by atoms with E-state index >= 15 is 0 Å². The van der Waals surface area contributed by atoms with Crippen molar-refractivity contribution in [3.05, 3.63) is 70.8 Å². The number of nitrogens with one attached hydrogen (secondary N) is 2. The standard InChI is InChI=1S/C19H25N3O/c1-15-5-4-6-18(11-15)13-21-19(23)20-12-16-7-9-17(10-8-16)14-22(2)3/h4-11H,12-14H2,1-3H3,(H2,20,21,23). The number of benzene rings is 2. The van der Waals surface area contributed by atoms with Gasteiger partial charge in [0.15, 0.2) is 0 Å². The van der Waals surface area contributed by atoms with Crippen molar-refractivity contribution in [2.45, 2.75) is 26.6 Å². The molecule has 122 valence electrons. The second-order valence-electron chi connectivity index (χ2n) is 6.08. The molecule has 0 spiro atoms. The van der Waals surface area contributed by atoms with Gasteiger partial charge in [-0.3, -0.25) is 0 Å². The van der Waals surface area contributed by atoms with Gasteiger partial charge in [-0.15, -0.1) is 0 Å². The fourth-order valence-corrected chi connectivity index (χ4v) is 2.38. The number of carbonyl (C=O) groups excluding carboxylic acids is 1. The van der Waals surface area contributed by atoms with Gasteiger partial charge in [-0.05, 0) is 37.7 Å². The molecule has 0 radical (unpaired) electrons. The highest BCUT2D eigenvalue weighted by Crippen LogP contribution is 2.06. The summed E-state index contributed by atoms with van der Waals surface area (Å²) < 4.78 is 0. The smallest absolute Gasteiger partial charge is 0.315 e. The van der Waals surface area contributed by atoms with E-state index in [2.05, 4.69) is 45.9 Å². The largest absolute Gasteiger partial charge is 0.334 e. The molecule has 0 saturated heterocycles. The normalized spacial score (nSPS) is 10.6.